The molecular formula is C26H31N3O6. The predicted molar refractivity (Wildman–Crippen MR) is 131 cm³/mol. The standard InChI is InChI=1S/C26H31N3O6/c1-27-26(31)21-12-17-13-23(33-3)24(34-4)14-18(17)15-29(21)25(30)16-35-22-7-5-6-20-19(22)8-9-28(20)10-11-32-2/h5-9,13-14,21H,10-12,15-16H2,1-4H3,(H,27,31)/t21-/m0/s1. The van der Waals surface area contributed by atoms with Crippen LogP contribution < -0.4 is 19.5 Å². The van der Waals surface area contributed by atoms with E-state index in [1.165, 1.54) is 0 Å². The van der Waals surface area contributed by atoms with Crippen LogP contribution in [0.15, 0.2) is 42.6 Å². The van der Waals surface area contributed by atoms with Gasteiger partial charge in [-0.2, -0.15) is 0 Å². The highest BCUT2D eigenvalue weighted by molar-refractivity contribution is 5.90. The van der Waals surface area contributed by atoms with Crippen LogP contribution in [-0.4, -0.2) is 68.9 Å². The summed E-state index contributed by atoms with van der Waals surface area (Å²) in [6.07, 6.45) is 2.35. The molecule has 0 saturated carbocycles. The summed E-state index contributed by atoms with van der Waals surface area (Å²) in [6, 6.07) is 10.8. The van der Waals surface area contributed by atoms with Gasteiger partial charge in [0.2, 0.25) is 5.91 Å². The second-order valence-corrected chi connectivity index (χ2v) is 8.31. The molecule has 0 fully saturated rings. The van der Waals surface area contributed by atoms with Gasteiger partial charge in [0, 0.05) is 45.3 Å². The van der Waals surface area contributed by atoms with Crippen LogP contribution in [0.3, 0.4) is 0 Å². The van der Waals surface area contributed by atoms with E-state index in [4.69, 9.17) is 18.9 Å². The van der Waals surface area contributed by atoms with Crippen molar-refractivity contribution >= 4 is 22.7 Å². The monoisotopic (exact) mass is 481 g/mol. The van der Waals surface area contributed by atoms with E-state index in [0.29, 0.717) is 30.3 Å². The van der Waals surface area contributed by atoms with Crippen LogP contribution in [-0.2, 0) is 33.8 Å². The molecule has 0 unspecified atom stereocenters. The van der Waals surface area contributed by atoms with Crippen LogP contribution in [0.2, 0.25) is 0 Å². The van der Waals surface area contributed by atoms with Crippen molar-refractivity contribution in [1.82, 2.24) is 14.8 Å². The number of nitrogens with one attached hydrogen (secondary N) is 1. The minimum absolute atomic E-state index is 0.182. The van der Waals surface area contributed by atoms with Crippen molar-refractivity contribution in [2.45, 2.75) is 25.6 Å². The number of likely N-dealkylation sites (N-methyl/N-ethyl adjacent to an activating group) is 1. The van der Waals surface area contributed by atoms with Gasteiger partial charge in [-0.3, -0.25) is 9.59 Å². The lowest BCUT2D eigenvalue weighted by Gasteiger charge is -2.36. The summed E-state index contributed by atoms with van der Waals surface area (Å²) in [7, 11) is 6.38. The Hall–Kier alpha value is -3.72. The molecule has 2 amide bonds. The van der Waals surface area contributed by atoms with Gasteiger partial charge >= 0.3 is 0 Å². The maximum absolute atomic E-state index is 13.3. The third-order valence-electron chi connectivity index (χ3n) is 6.37. The smallest absolute Gasteiger partial charge is 0.261 e. The average Bonchev–Trinajstić information content (AvgIpc) is 3.31. The van der Waals surface area contributed by atoms with Gasteiger partial charge in [-0.25, -0.2) is 0 Å². The summed E-state index contributed by atoms with van der Waals surface area (Å²) < 4.78 is 24.1. The van der Waals surface area contributed by atoms with E-state index in [1.807, 2.05) is 42.6 Å². The number of aromatic nitrogens is 1. The number of hydrogen-bond acceptors (Lipinski definition) is 6. The number of nitrogens with zero attached hydrogens (tertiary/aromatic N) is 2. The molecule has 1 atom stereocenters. The van der Waals surface area contributed by atoms with Crippen molar-refractivity contribution in [3.05, 3.63) is 53.7 Å². The van der Waals surface area contributed by atoms with Crippen LogP contribution in [0.5, 0.6) is 17.2 Å². The van der Waals surface area contributed by atoms with Crippen LogP contribution in [0.4, 0.5) is 0 Å². The first-order valence-corrected chi connectivity index (χ1v) is 11.4. The van der Waals surface area contributed by atoms with E-state index in [1.54, 1.807) is 33.3 Å². The van der Waals surface area contributed by atoms with Gasteiger partial charge in [0.1, 0.15) is 11.8 Å². The Morgan fingerprint density at radius 2 is 1.77 bits per heavy atom. The summed E-state index contributed by atoms with van der Waals surface area (Å²) in [5.74, 6) is 1.30. The fourth-order valence-electron chi connectivity index (χ4n) is 4.50. The SMILES string of the molecule is CNC(=O)[C@@H]1Cc2cc(OC)c(OC)cc2CN1C(=O)COc1cccc2c1ccn2CCOC. The number of fused-ring (bicyclic) bond motifs is 2. The molecule has 1 aliphatic heterocycles. The number of carbonyl (C=O) groups is 2. The fraction of sp³-hybridized carbons (Fsp3) is 0.385. The lowest BCUT2D eigenvalue weighted by atomic mass is 9.92. The molecule has 0 bridgehead atoms. The molecular weight excluding hydrogens is 450 g/mol. The zero-order valence-corrected chi connectivity index (χ0v) is 20.5. The van der Waals surface area contributed by atoms with E-state index >= 15 is 0 Å². The van der Waals surface area contributed by atoms with Gasteiger partial charge in [-0.05, 0) is 41.5 Å². The van der Waals surface area contributed by atoms with Crippen molar-refractivity contribution < 1.29 is 28.5 Å². The number of ether oxygens (including phenoxy) is 4. The molecule has 9 heteroatoms. The molecule has 4 rings (SSSR count). The topological polar surface area (TPSA) is 91.3 Å². The first-order chi connectivity index (χ1) is 17.0. The summed E-state index contributed by atoms with van der Waals surface area (Å²) >= 11 is 0. The van der Waals surface area contributed by atoms with Crippen molar-refractivity contribution in [2.24, 2.45) is 0 Å². The molecule has 0 radical (unpaired) electrons. The Morgan fingerprint density at radius 3 is 2.46 bits per heavy atom. The third kappa shape index (κ3) is 4.90. The molecule has 1 N–H and O–H groups in total. The summed E-state index contributed by atoms with van der Waals surface area (Å²) in [4.78, 5) is 27.6. The summed E-state index contributed by atoms with van der Waals surface area (Å²) in [5.41, 5.74) is 2.86. The second-order valence-electron chi connectivity index (χ2n) is 8.31. The van der Waals surface area contributed by atoms with Crippen LogP contribution in [0.1, 0.15) is 11.1 Å². The van der Waals surface area contributed by atoms with E-state index in [2.05, 4.69) is 9.88 Å². The van der Waals surface area contributed by atoms with Crippen molar-refractivity contribution in [1.29, 1.82) is 0 Å². The van der Waals surface area contributed by atoms with Crippen LogP contribution >= 0.6 is 0 Å². The highest BCUT2D eigenvalue weighted by atomic mass is 16.5. The molecule has 2 heterocycles. The second kappa shape index (κ2) is 10.7. The number of amides is 2. The number of benzene rings is 2. The predicted octanol–water partition coefficient (Wildman–Crippen LogP) is 2.38. The summed E-state index contributed by atoms with van der Waals surface area (Å²) in [6.45, 7) is 1.41. The van der Waals surface area contributed by atoms with E-state index in [-0.39, 0.29) is 25.0 Å². The van der Waals surface area contributed by atoms with Gasteiger partial charge in [0.15, 0.2) is 18.1 Å². The molecule has 0 aliphatic carbocycles. The molecule has 3 aromatic rings. The molecule has 1 aliphatic rings. The number of carbonyl (C=O) groups excluding carboxylic acids is 2. The van der Waals surface area contributed by atoms with Crippen molar-refractivity contribution in [2.75, 3.05) is 41.6 Å². The zero-order chi connectivity index (χ0) is 24.9. The maximum Gasteiger partial charge on any atom is 0.261 e. The van der Waals surface area contributed by atoms with Gasteiger partial charge in [0.25, 0.3) is 5.91 Å². The van der Waals surface area contributed by atoms with Gasteiger partial charge in [0.05, 0.1) is 26.3 Å². The molecule has 2 aromatic carbocycles. The van der Waals surface area contributed by atoms with Gasteiger partial charge in [-0.1, -0.05) is 6.07 Å². The Morgan fingerprint density at radius 1 is 1.03 bits per heavy atom. The van der Waals surface area contributed by atoms with Crippen molar-refractivity contribution in [3.63, 3.8) is 0 Å². The van der Waals surface area contributed by atoms with Crippen LogP contribution in [0, 0.1) is 0 Å². The van der Waals surface area contributed by atoms with Gasteiger partial charge in [-0.15, -0.1) is 0 Å². The highest BCUT2D eigenvalue weighted by Crippen LogP contribution is 2.35. The quantitative estimate of drug-likeness (QED) is 0.505. The number of methoxy groups -OCH3 is 3. The Labute approximate surface area is 204 Å². The van der Waals surface area contributed by atoms with E-state index in [0.717, 1.165) is 28.6 Å². The minimum Gasteiger partial charge on any atom is -0.493 e. The average molecular weight is 482 g/mol. The minimum atomic E-state index is -0.646. The number of rotatable bonds is 9. The lowest BCUT2D eigenvalue weighted by Crippen LogP contribution is -2.53. The van der Waals surface area contributed by atoms with Crippen LogP contribution in [0.25, 0.3) is 10.9 Å². The maximum atomic E-state index is 13.3. The Kier molecular flexibility index (Phi) is 7.45. The lowest BCUT2D eigenvalue weighted by molar-refractivity contribution is -0.143. The third-order valence-corrected chi connectivity index (χ3v) is 6.37. The highest BCUT2D eigenvalue weighted by Gasteiger charge is 2.35. The van der Waals surface area contributed by atoms with Gasteiger partial charge < -0.3 is 33.7 Å². The largest absolute Gasteiger partial charge is 0.493 e. The first kappa shape index (κ1) is 24.4. The zero-order valence-electron chi connectivity index (χ0n) is 20.5. The molecule has 9 nitrogen and oxygen atoms in total. The normalized spacial score (nSPS) is 15.0. The first-order valence-electron chi connectivity index (χ1n) is 11.4. The van der Waals surface area contributed by atoms with E-state index < -0.39 is 6.04 Å². The van der Waals surface area contributed by atoms with Crippen molar-refractivity contribution in [3.8, 4) is 17.2 Å². The fourth-order valence-corrected chi connectivity index (χ4v) is 4.50. The molecule has 186 valence electrons. The molecule has 35 heavy (non-hydrogen) atoms. The van der Waals surface area contributed by atoms with E-state index in [9.17, 15) is 9.59 Å². The summed E-state index contributed by atoms with van der Waals surface area (Å²) in [5, 5.41) is 3.59. The molecule has 0 spiro atoms. The number of hydrogen-bond donors (Lipinski definition) is 1. The Balaban J connectivity index is 1.55. The molecule has 0 saturated heterocycles. The molecule has 1 aromatic heterocycles. The Bertz CT molecular complexity index is 1220.